The molecule has 1 atom stereocenters. The molecule has 0 bridgehead atoms. The van der Waals surface area contributed by atoms with Gasteiger partial charge in [-0.15, -0.1) is 0 Å². The van der Waals surface area contributed by atoms with Gasteiger partial charge in [0.15, 0.2) is 5.78 Å². The number of esters is 1. The van der Waals surface area contributed by atoms with Gasteiger partial charge in [0.1, 0.15) is 0 Å². The summed E-state index contributed by atoms with van der Waals surface area (Å²) >= 11 is 0. The van der Waals surface area contributed by atoms with Gasteiger partial charge in [-0.2, -0.15) is 0 Å². The lowest BCUT2D eigenvalue weighted by Gasteiger charge is -2.13. The van der Waals surface area contributed by atoms with E-state index in [0.29, 0.717) is 17.7 Å². The molecule has 0 aliphatic heterocycles. The largest absolute Gasteiger partial charge is 0.462 e. The minimum absolute atomic E-state index is 0.0485. The lowest BCUT2D eigenvalue weighted by atomic mass is 9.90. The Kier molecular flexibility index (Phi) is 6.99. The van der Waals surface area contributed by atoms with Crippen LogP contribution >= 0.6 is 0 Å². The molecule has 1 unspecified atom stereocenters. The summed E-state index contributed by atoms with van der Waals surface area (Å²) in [5.41, 5.74) is 1.06. The second-order valence-corrected chi connectivity index (χ2v) is 4.91. The van der Waals surface area contributed by atoms with E-state index in [2.05, 4.69) is 6.92 Å². The van der Waals surface area contributed by atoms with Gasteiger partial charge >= 0.3 is 5.97 Å². The summed E-state index contributed by atoms with van der Waals surface area (Å²) in [6, 6.07) is 6.85. The van der Waals surface area contributed by atoms with E-state index in [4.69, 9.17) is 4.74 Å². The maximum atomic E-state index is 12.5. The van der Waals surface area contributed by atoms with Crippen molar-refractivity contribution in [1.82, 2.24) is 0 Å². The van der Waals surface area contributed by atoms with Gasteiger partial charge in [0, 0.05) is 11.5 Å². The molecule has 0 spiro atoms. The van der Waals surface area contributed by atoms with Gasteiger partial charge in [0.05, 0.1) is 12.2 Å². The smallest absolute Gasteiger partial charge is 0.338 e. The first-order valence-electron chi connectivity index (χ1n) is 7.45. The van der Waals surface area contributed by atoms with E-state index in [9.17, 15) is 9.59 Å². The van der Waals surface area contributed by atoms with Crippen LogP contribution in [0.5, 0.6) is 0 Å². The van der Waals surface area contributed by atoms with E-state index in [1.807, 2.05) is 6.92 Å². The van der Waals surface area contributed by atoms with E-state index in [1.165, 1.54) is 0 Å². The van der Waals surface area contributed by atoms with Gasteiger partial charge < -0.3 is 4.74 Å². The molecule has 0 aromatic heterocycles. The predicted molar refractivity (Wildman–Crippen MR) is 80.0 cm³/mol. The Hall–Kier alpha value is -1.64. The molecular weight excluding hydrogens is 252 g/mol. The molecule has 0 amide bonds. The number of ketones is 1. The summed E-state index contributed by atoms with van der Waals surface area (Å²) in [6.45, 7) is 6.27. The van der Waals surface area contributed by atoms with Gasteiger partial charge in [0.25, 0.3) is 0 Å². The van der Waals surface area contributed by atoms with Crippen LogP contribution in [0.1, 0.15) is 67.2 Å². The lowest BCUT2D eigenvalue weighted by Crippen LogP contribution is -2.15. The summed E-state index contributed by atoms with van der Waals surface area (Å²) in [4.78, 5) is 24.2. The van der Waals surface area contributed by atoms with Crippen molar-refractivity contribution in [2.45, 2.75) is 46.5 Å². The fourth-order valence-corrected chi connectivity index (χ4v) is 2.22. The number of hydrogen-bond donors (Lipinski definition) is 0. The number of Topliss-reactive ketones (excluding diaryl/α,β-unsaturated/α-hetero) is 1. The Balaban J connectivity index is 2.87. The minimum Gasteiger partial charge on any atom is -0.462 e. The van der Waals surface area contributed by atoms with Crippen molar-refractivity contribution >= 4 is 11.8 Å². The summed E-state index contributed by atoms with van der Waals surface area (Å²) in [7, 11) is 0. The van der Waals surface area contributed by atoms with Crippen LogP contribution in [0.15, 0.2) is 24.3 Å². The van der Waals surface area contributed by atoms with Crippen LogP contribution in [-0.2, 0) is 4.74 Å². The molecule has 0 N–H and O–H groups in total. The maximum absolute atomic E-state index is 12.5. The molecule has 3 heteroatoms. The zero-order chi connectivity index (χ0) is 15.0. The van der Waals surface area contributed by atoms with E-state index < -0.39 is 0 Å². The highest BCUT2D eigenvalue weighted by molar-refractivity contribution is 6.00. The van der Waals surface area contributed by atoms with Crippen LogP contribution < -0.4 is 0 Å². The standard InChI is InChI=1S/C17H24O3/c1-4-7-9-13(5-2)16(18)14-10-8-11-15(12-14)17(19)20-6-3/h8,10-13H,4-7,9H2,1-3H3. The fraction of sp³-hybridized carbons (Fsp3) is 0.529. The molecule has 0 aliphatic rings. The Morgan fingerprint density at radius 2 is 1.85 bits per heavy atom. The Morgan fingerprint density at radius 3 is 2.45 bits per heavy atom. The Labute approximate surface area is 121 Å². The van der Waals surface area contributed by atoms with Gasteiger partial charge in [0.2, 0.25) is 0 Å². The normalized spacial score (nSPS) is 11.9. The van der Waals surface area contributed by atoms with Gasteiger partial charge in [-0.25, -0.2) is 4.79 Å². The molecule has 20 heavy (non-hydrogen) atoms. The van der Waals surface area contributed by atoms with Crippen molar-refractivity contribution in [1.29, 1.82) is 0 Å². The third-order valence-electron chi connectivity index (χ3n) is 3.43. The van der Waals surface area contributed by atoms with Crippen LogP contribution in [0.3, 0.4) is 0 Å². The van der Waals surface area contributed by atoms with Crippen LogP contribution in [0.2, 0.25) is 0 Å². The Morgan fingerprint density at radius 1 is 1.15 bits per heavy atom. The summed E-state index contributed by atoms with van der Waals surface area (Å²) in [5.74, 6) is -0.191. The van der Waals surface area contributed by atoms with Crippen molar-refractivity contribution < 1.29 is 14.3 Å². The fourth-order valence-electron chi connectivity index (χ4n) is 2.22. The predicted octanol–water partition coefficient (Wildman–Crippen LogP) is 4.26. The molecule has 0 fully saturated rings. The van der Waals surface area contributed by atoms with Crippen molar-refractivity contribution in [3.63, 3.8) is 0 Å². The zero-order valence-electron chi connectivity index (χ0n) is 12.6. The highest BCUT2D eigenvalue weighted by atomic mass is 16.5. The molecule has 0 heterocycles. The number of rotatable bonds is 8. The van der Waals surface area contributed by atoms with Crippen LogP contribution in [0, 0.1) is 5.92 Å². The van der Waals surface area contributed by atoms with E-state index in [1.54, 1.807) is 31.2 Å². The monoisotopic (exact) mass is 276 g/mol. The maximum Gasteiger partial charge on any atom is 0.338 e. The topological polar surface area (TPSA) is 43.4 Å². The molecular formula is C17H24O3. The molecule has 3 nitrogen and oxygen atoms in total. The molecule has 0 saturated heterocycles. The summed E-state index contributed by atoms with van der Waals surface area (Å²) in [6.07, 6.45) is 3.90. The Bertz CT molecular complexity index is 451. The second-order valence-electron chi connectivity index (χ2n) is 4.91. The first-order chi connectivity index (χ1) is 9.63. The number of carbonyl (C=O) groups excluding carboxylic acids is 2. The highest BCUT2D eigenvalue weighted by Gasteiger charge is 2.19. The zero-order valence-corrected chi connectivity index (χ0v) is 12.6. The number of benzene rings is 1. The average molecular weight is 276 g/mol. The molecule has 0 radical (unpaired) electrons. The number of unbranched alkanes of at least 4 members (excludes halogenated alkanes) is 1. The summed E-state index contributed by atoms with van der Waals surface area (Å²) in [5, 5.41) is 0. The molecule has 1 aromatic carbocycles. The molecule has 1 rings (SSSR count). The number of hydrogen-bond acceptors (Lipinski definition) is 3. The van der Waals surface area contributed by atoms with Crippen molar-refractivity contribution in [2.75, 3.05) is 6.61 Å². The minimum atomic E-state index is -0.372. The first kappa shape index (κ1) is 16.4. The average Bonchev–Trinajstić information content (AvgIpc) is 2.48. The van der Waals surface area contributed by atoms with Crippen LogP contribution in [-0.4, -0.2) is 18.4 Å². The lowest BCUT2D eigenvalue weighted by molar-refractivity contribution is 0.0526. The van der Waals surface area contributed by atoms with Crippen LogP contribution in [0.4, 0.5) is 0 Å². The molecule has 1 aromatic rings. The van der Waals surface area contributed by atoms with E-state index >= 15 is 0 Å². The first-order valence-corrected chi connectivity index (χ1v) is 7.45. The van der Waals surface area contributed by atoms with Crippen LogP contribution in [0.25, 0.3) is 0 Å². The number of carbonyl (C=O) groups is 2. The third-order valence-corrected chi connectivity index (χ3v) is 3.43. The van der Waals surface area contributed by atoms with E-state index in [-0.39, 0.29) is 17.7 Å². The number of ether oxygens (including phenoxy) is 1. The highest BCUT2D eigenvalue weighted by Crippen LogP contribution is 2.19. The molecule has 0 aliphatic carbocycles. The second kappa shape index (κ2) is 8.51. The van der Waals surface area contributed by atoms with Crippen molar-refractivity contribution in [3.8, 4) is 0 Å². The van der Waals surface area contributed by atoms with E-state index in [0.717, 1.165) is 25.7 Å². The third kappa shape index (κ3) is 4.48. The quantitative estimate of drug-likeness (QED) is 0.526. The molecule has 110 valence electrons. The van der Waals surface area contributed by atoms with Gasteiger partial charge in [-0.3, -0.25) is 4.79 Å². The van der Waals surface area contributed by atoms with Crippen molar-refractivity contribution in [3.05, 3.63) is 35.4 Å². The molecule has 0 saturated carbocycles. The van der Waals surface area contributed by atoms with Gasteiger partial charge in [-0.1, -0.05) is 38.8 Å². The van der Waals surface area contributed by atoms with Crippen molar-refractivity contribution in [2.24, 2.45) is 5.92 Å². The SMILES string of the molecule is CCCCC(CC)C(=O)c1cccc(C(=O)OCC)c1. The van der Waals surface area contributed by atoms with Gasteiger partial charge in [-0.05, 0) is 31.9 Å². The summed E-state index contributed by atoms with van der Waals surface area (Å²) < 4.78 is 4.96.